The zero-order chi connectivity index (χ0) is 18.5. The van der Waals surface area contributed by atoms with Crippen molar-refractivity contribution in [2.45, 2.75) is 37.4 Å². The summed E-state index contributed by atoms with van der Waals surface area (Å²) < 4.78 is 5.96. The van der Waals surface area contributed by atoms with Crippen LogP contribution < -0.4 is 0 Å². The minimum Gasteiger partial charge on any atom is -0.480 e. The average molecular weight is 375 g/mol. The van der Waals surface area contributed by atoms with Crippen LogP contribution in [0.5, 0.6) is 0 Å². The van der Waals surface area contributed by atoms with Gasteiger partial charge in [-0.05, 0) is 26.8 Å². The Labute approximate surface area is 148 Å². The number of ether oxygens (including phenoxy) is 1. The van der Waals surface area contributed by atoms with E-state index in [1.165, 1.54) is 18.3 Å². The molecule has 0 fully saturated rings. The van der Waals surface area contributed by atoms with Crippen LogP contribution >= 0.6 is 24.6 Å². The minimum absolute atomic E-state index is 0.124. The molecule has 0 spiro atoms. The molecule has 0 saturated carbocycles. The van der Waals surface area contributed by atoms with E-state index in [9.17, 15) is 24.8 Å². The summed E-state index contributed by atoms with van der Waals surface area (Å²) >= 11 is 4.47. The van der Waals surface area contributed by atoms with Crippen LogP contribution in [-0.4, -0.2) is 48.8 Å². The first-order valence-electron chi connectivity index (χ1n) is 6.70. The highest BCUT2D eigenvalue weighted by Crippen LogP contribution is 2.32. The molecule has 0 aromatic carbocycles. The Balaban J connectivity index is 3.21. The maximum absolute atomic E-state index is 12.3. The lowest BCUT2D eigenvalue weighted by Gasteiger charge is -2.29. The number of aromatic nitrogens is 1. The van der Waals surface area contributed by atoms with Crippen LogP contribution in [0.2, 0.25) is 0 Å². The molecule has 1 rings (SSSR count). The highest BCUT2D eigenvalue weighted by molar-refractivity contribution is 7.97. The molecule has 132 valence electrons. The van der Waals surface area contributed by atoms with Gasteiger partial charge < -0.3 is 9.84 Å². The maximum atomic E-state index is 12.3. The molecule has 1 aromatic heterocycles. The third-order valence-corrected chi connectivity index (χ3v) is 3.88. The van der Waals surface area contributed by atoms with E-state index in [4.69, 9.17) is 4.74 Å². The summed E-state index contributed by atoms with van der Waals surface area (Å²) in [6.45, 7) is 4.86. The number of pyridine rings is 1. The van der Waals surface area contributed by atoms with Crippen molar-refractivity contribution < 1.29 is 24.4 Å². The molecule has 1 N–H and O–H groups in total. The van der Waals surface area contributed by atoms with Gasteiger partial charge >= 0.3 is 17.7 Å². The van der Waals surface area contributed by atoms with E-state index >= 15 is 0 Å². The summed E-state index contributed by atoms with van der Waals surface area (Å²) in [6.07, 6.45) is 0.355. The van der Waals surface area contributed by atoms with E-state index < -0.39 is 28.6 Å². The van der Waals surface area contributed by atoms with Gasteiger partial charge in [0.2, 0.25) is 0 Å². The summed E-state index contributed by atoms with van der Waals surface area (Å²) in [6, 6.07) is 1.22. The molecule has 1 atom stereocenters. The number of hydrogen-bond donors (Lipinski definition) is 2. The maximum Gasteiger partial charge on any atom is 0.421 e. The van der Waals surface area contributed by atoms with Crippen molar-refractivity contribution in [1.82, 2.24) is 9.29 Å². The van der Waals surface area contributed by atoms with Crippen LogP contribution in [0.15, 0.2) is 23.4 Å². The number of nitrogens with zero attached hydrogens (tertiary/aromatic N) is 3. The number of hydrogen-bond acceptors (Lipinski definition) is 8. The fraction of sp³-hybridized carbons (Fsp3) is 0.462. The van der Waals surface area contributed by atoms with E-state index in [1.807, 2.05) is 0 Å². The predicted molar refractivity (Wildman–Crippen MR) is 90.1 cm³/mol. The van der Waals surface area contributed by atoms with Gasteiger partial charge in [0.05, 0.1) is 4.92 Å². The van der Waals surface area contributed by atoms with Crippen LogP contribution in [0, 0.1) is 10.1 Å². The van der Waals surface area contributed by atoms with Crippen molar-refractivity contribution in [3.05, 3.63) is 28.4 Å². The van der Waals surface area contributed by atoms with Crippen LogP contribution in [0.25, 0.3) is 0 Å². The lowest BCUT2D eigenvalue weighted by molar-refractivity contribution is -0.388. The van der Waals surface area contributed by atoms with Gasteiger partial charge in [-0.25, -0.2) is 18.9 Å². The van der Waals surface area contributed by atoms with E-state index in [0.29, 0.717) is 11.9 Å². The molecule has 0 saturated heterocycles. The number of carbonyl (C=O) groups is 2. The van der Waals surface area contributed by atoms with Gasteiger partial charge in [0.1, 0.15) is 5.60 Å². The van der Waals surface area contributed by atoms with Gasteiger partial charge in [0.25, 0.3) is 0 Å². The van der Waals surface area contributed by atoms with Crippen molar-refractivity contribution in [3.8, 4) is 0 Å². The summed E-state index contributed by atoms with van der Waals surface area (Å²) in [4.78, 5) is 38.0. The molecule has 1 aromatic rings. The Morgan fingerprint density at radius 2 is 2.17 bits per heavy atom. The second-order valence-corrected chi connectivity index (χ2v) is 6.85. The van der Waals surface area contributed by atoms with E-state index in [2.05, 4.69) is 17.6 Å². The first-order chi connectivity index (χ1) is 11.1. The normalized spacial score (nSPS) is 12.3. The van der Waals surface area contributed by atoms with Gasteiger partial charge in [0.15, 0.2) is 11.1 Å². The lowest BCUT2D eigenvalue weighted by atomic mass is 10.2. The van der Waals surface area contributed by atoms with Crippen molar-refractivity contribution in [2.75, 3.05) is 5.75 Å². The number of aliphatic carboxylic acids is 1. The van der Waals surface area contributed by atoms with E-state index in [1.54, 1.807) is 20.8 Å². The van der Waals surface area contributed by atoms with Crippen molar-refractivity contribution in [1.29, 1.82) is 0 Å². The zero-order valence-electron chi connectivity index (χ0n) is 13.2. The average Bonchev–Trinajstić information content (AvgIpc) is 2.45. The molecule has 1 amide bonds. The molecule has 0 radical (unpaired) electrons. The van der Waals surface area contributed by atoms with Gasteiger partial charge in [-0.1, -0.05) is 0 Å². The topological polar surface area (TPSA) is 123 Å². The SMILES string of the molecule is CC(C)(C)OC(=O)N(Sc1ncccc1[N+](=O)[O-])[C@H](CS)C(=O)O. The smallest absolute Gasteiger partial charge is 0.421 e. The van der Waals surface area contributed by atoms with Gasteiger partial charge in [-0.2, -0.15) is 12.6 Å². The number of amides is 1. The third kappa shape index (κ3) is 5.57. The number of thiol groups is 1. The Kier molecular flexibility index (Phi) is 6.84. The zero-order valence-corrected chi connectivity index (χ0v) is 14.9. The fourth-order valence-corrected chi connectivity index (χ4v) is 2.84. The van der Waals surface area contributed by atoms with Crippen LogP contribution in [0.3, 0.4) is 0 Å². The minimum atomic E-state index is -1.35. The summed E-state index contributed by atoms with van der Waals surface area (Å²) in [5, 5.41) is 20.2. The molecular weight excluding hydrogens is 358 g/mol. The van der Waals surface area contributed by atoms with Gasteiger partial charge in [0, 0.05) is 30.0 Å². The van der Waals surface area contributed by atoms with E-state index in [-0.39, 0.29) is 16.5 Å². The highest BCUT2D eigenvalue weighted by Gasteiger charge is 2.35. The van der Waals surface area contributed by atoms with E-state index in [0.717, 1.165) is 4.31 Å². The Morgan fingerprint density at radius 1 is 1.54 bits per heavy atom. The van der Waals surface area contributed by atoms with Crippen molar-refractivity contribution >= 4 is 42.3 Å². The molecule has 24 heavy (non-hydrogen) atoms. The standard InChI is InChI=1S/C13H17N3O6S2/c1-13(2,3)22-12(19)15(9(7-23)11(17)18)24-10-8(16(20)21)5-4-6-14-10/h4-6,9,23H,7H2,1-3H3,(H,17,18)/t9-/m1/s1. The monoisotopic (exact) mass is 375 g/mol. The molecule has 1 heterocycles. The van der Waals surface area contributed by atoms with Crippen LogP contribution in [-0.2, 0) is 9.53 Å². The Bertz CT molecular complexity index is 634. The first kappa shape index (κ1) is 20.0. The predicted octanol–water partition coefficient (Wildman–Crippen LogP) is 2.62. The highest BCUT2D eigenvalue weighted by atomic mass is 32.2. The van der Waals surface area contributed by atoms with Crippen molar-refractivity contribution in [3.63, 3.8) is 0 Å². The van der Waals surface area contributed by atoms with Gasteiger partial charge in [-0.3, -0.25) is 10.1 Å². The summed E-state index contributed by atoms with van der Waals surface area (Å²) in [5.74, 6) is -1.52. The molecule has 9 nitrogen and oxygen atoms in total. The Morgan fingerprint density at radius 3 is 2.62 bits per heavy atom. The molecule has 0 unspecified atom stereocenters. The number of rotatable bonds is 6. The molecule has 11 heteroatoms. The second kappa shape index (κ2) is 8.20. The fourth-order valence-electron chi connectivity index (χ4n) is 1.47. The number of carbonyl (C=O) groups excluding carboxylic acids is 1. The summed E-state index contributed by atoms with van der Waals surface area (Å²) in [5.41, 5.74) is -1.22. The molecule has 0 bridgehead atoms. The lowest BCUT2D eigenvalue weighted by Crippen LogP contribution is -2.44. The quantitative estimate of drug-likeness (QED) is 0.337. The second-order valence-electron chi connectivity index (χ2n) is 5.52. The number of carboxylic acid groups (broad SMARTS) is 1. The molecular formula is C13H17N3O6S2. The molecule has 0 aliphatic rings. The largest absolute Gasteiger partial charge is 0.480 e. The number of nitro groups is 1. The van der Waals surface area contributed by atoms with Gasteiger partial charge in [-0.15, -0.1) is 0 Å². The molecule has 0 aliphatic carbocycles. The first-order valence-corrected chi connectivity index (χ1v) is 8.10. The van der Waals surface area contributed by atoms with Crippen LogP contribution in [0.4, 0.5) is 10.5 Å². The number of carboxylic acids is 1. The van der Waals surface area contributed by atoms with Crippen molar-refractivity contribution in [2.24, 2.45) is 0 Å². The van der Waals surface area contributed by atoms with Crippen LogP contribution in [0.1, 0.15) is 20.8 Å². The molecule has 0 aliphatic heterocycles. The third-order valence-electron chi connectivity index (χ3n) is 2.45. The Hall–Kier alpha value is -2.01. The summed E-state index contributed by atoms with van der Waals surface area (Å²) in [7, 11) is 0.